The minimum atomic E-state index is -1.04. The summed E-state index contributed by atoms with van der Waals surface area (Å²) in [4.78, 5) is 10.8. The molecule has 5 unspecified atom stereocenters. The number of benzene rings is 1. The largest absolute Gasteiger partial charge is 0.485 e. The number of aliphatic hydroxyl groups is 2. The Kier molecular flexibility index (Phi) is 5.10. The Bertz CT molecular complexity index is 723. The van der Waals surface area contributed by atoms with Gasteiger partial charge in [0.1, 0.15) is 6.10 Å². The molecule has 0 radical (unpaired) electrons. The van der Waals surface area contributed by atoms with Crippen LogP contribution in [0.1, 0.15) is 43.6 Å². The van der Waals surface area contributed by atoms with Crippen LogP contribution in [0.25, 0.3) is 0 Å². The zero-order chi connectivity index (χ0) is 19.0. The van der Waals surface area contributed by atoms with E-state index in [2.05, 4.69) is 0 Å². The van der Waals surface area contributed by atoms with E-state index in [0.717, 1.165) is 18.4 Å². The highest BCUT2D eigenvalue weighted by molar-refractivity contribution is 5.68. The Labute approximate surface area is 158 Å². The van der Waals surface area contributed by atoms with Crippen molar-refractivity contribution in [1.29, 1.82) is 0 Å². The molecule has 0 saturated heterocycles. The number of para-hydroxylation sites is 1. The van der Waals surface area contributed by atoms with E-state index in [-0.39, 0.29) is 17.9 Å². The Morgan fingerprint density at radius 3 is 2.85 bits per heavy atom. The maximum Gasteiger partial charge on any atom is 0.341 e. The molecular formula is C21H26O6. The number of hydrogen-bond acceptors (Lipinski definition) is 5. The van der Waals surface area contributed by atoms with Gasteiger partial charge in [0.25, 0.3) is 0 Å². The Balaban J connectivity index is 1.53. The summed E-state index contributed by atoms with van der Waals surface area (Å²) in [5, 5.41) is 29.8. The SMILES string of the molecule is O=C(O)COc1cccc2c1OC1CC(O)C(/C=C/C(O)C3CCCC3)C21. The number of hydrogen-bond donors (Lipinski definition) is 3. The van der Waals surface area contributed by atoms with Crippen LogP contribution in [0.3, 0.4) is 0 Å². The molecule has 1 aliphatic heterocycles. The fourth-order valence-corrected chi connectivity index (χ4v) is 4.83. The summed E-state index contributed by atoms with van der Waals surface area (Å²) < 4.78 is 11.4. The van der Waals surface area contributed by atoms with Crippen molar-refractivity contribution in [2.75, 3.05) is 6.61 Å². The van der Waals surface area contributed by atoms with Gasteiger partial charge >= 0.3 is 5.97 Å². The third-order valence-corrected chi connectivity index (χ3v) is 6.14. The van der Waals surface area contributed by atoms with E-state index in [1.165, 1.54) is 12.8 Å². The molecule has 27 heavy (non-hydrogen) atoms. The third kappa shape index (κ3) is 3.56. The molecule has 2 saturated carbocycles. The monoisotopic (exact) mass is 374 g/mol. The number of carbonyl (C=O) groups is 1. The lowest BCUT2D eigenvalue weighted by Gasteiger charge is -2.19. The van der Waals surface area contributed by atoms with Gasteiger partial charge in [-0.25, -0.2) is 4.79 Å². The molecule has 2 fully saturated rings. The molecule has 0 aromatic heterocycles. The zero-order valence-electron chi connectivity index (χ0n) is 15.2. The van der Waals surface area contributed by atoms with Crippen molar-refractivity contribution >= 4 is 5.97 Å². The van der Waals surface area contributed by atoms with Crippen LogP contribution in [0.2, 0.25) is 0 Å². The molecule has 0 bridgehead atoms. The van der Waals surface area contributed by atoms with Gasteiger partial charge in [0.05, 0.1) is 12.2 Å². The highest BCUT2D eigenvalue weighted by Gasteiger charge is 2.49. The summed E-state index contributed by atoms with van der Waals surface area (Å²) in [6.07, 6.45) is 7.60. The van der Waals surface area contributed by atoms with Gasteiger partial charge in [-0.2, -0.15) is 0 Å². The topological polar surface area (TPSA) is 96.2 Å². The predicted molar refractivity (Wildman–Crippen MR) is 97.9 cm³/mol. The molecule has 0 spiro atoms. The number of fused-ring (bicyclic) bond motifs is 3. The Hall–Kier alpha value is -2.05. The second-order valence-electron chi connectivity index (χ2n) is 7.84. The summed E-state index contributed by atoms with van der Waals surface area (Å²) in [5.41, 5.74) is 0.935. The molecule has 3 N–H and O–H groups in total. The average molecular weight is 374 g/mol. The van der Waals surface area contributed by atoms with Crippen molar-refractivity contribution in [2.45, 2.75) is 56.3 Å². The van der Waals surface area contributed by atoms with Crippen LogP contribution < -0.4 is 9.47 Å². The van der Waals surface area contributed by atoms with Crippen molar-refractivity contribution in [3.05, 3.63) is 35.9 Å². The van der Waals surface area contributed by atoms with Crippen LogP contribution in [0.4, 0.5) is 0 Å². The van der Waals surface area contributed by atoms with Gasteiger partial charge in [-0.3, -0.25) is 0 Å². The van der Waals surface area contributed by atoms with Crippen LogP contribution in [0.15, 0.2) is 30.4 Å². The first-order valence-electron chi connectivity index (χ1n) is 9.73. The van der Waals surface area contributed by atoms with Crippen LogP contribution in [0.5, 0.6) is 11.5 Å². The predicted octanol–water partition coefficient (Wildman–Crippen LogP) is 2.48. The first kappa shape index (κ1) is 18.3. The molecular weight excluding hydrogens is 348 g/mol. The molecule has 1 heterocycles. The molecule has 2 aliphatic carbocycles. The summed E-state index contributed by atoms with van der Waals surface area (Å²) in [6, 6.07) is 5.47. The molecule has 146 valence electrons. The van der Waals surface area contributed by atoms with Gasteiger partial charge in [0.2, 0.25) is 0 Å². The molecule has 6 nitrogen and oxygen atoms in total. The van der Waals surface area contributed by atoms with Gasteiger partial charge in [0, 0.05) is 23.8 Å². The van der Waals surface area contributed by atoms with Crippen molar-refractivity contribution < 1.29 is 29.6 Å². The summed E-state index contributed by atoms with van der Waals surface area (Å²) >= 11 is 0. The van der Waals surface area contributed by atoms with Gasteiger partial charge in [-0.15, -0.1) is 0 Å². The quantitative estimate of drug-likeness (QED) is 0.662. The van der Waals surface area contributed by atoms with E-state index in [1.807, 2.05) is 24.3 Å². The van der Waals surface area contributed by atoms with Crippen molar-refractivity contribution in [3.63, 3.8) is 0 Å². The lowest BCUT2D eigenvalue weighted by atomic mass is 9.87. The van der Waals surface area contributed by atoms with Gasteiger partial charge < -0.3 is 24.8 Å². The van der Waals surface area contributed by atoms with Gasteiger partial charge in [-0.1, -0.05) is 37.1 Å². The zero-order valence-corrected chi connectivity index (χ0v) is 15.2. The summed E-state index contributed by atoms with van der Waals surface area (Å²) in [5.74, 6) is 0.127. The van der Waals surface area contributed by atoms with Crippen LogP contribution in [-0.2, 0) is 4.79 Å². The maximum atomic E-state index is 10.8. The standard InChI is InChI=1S/C21H26O6/c22-15(12-4-1-2-5-12)9-8-13-16(23)10-18-20(13)14-6-3-7-17(21(14)27-18)26-11-19(24)25/h3,6-9,12-13,15-16,18,20,22-23H,1-2,4-5,10-11H2,(H,24,25)/b9-8+. The first-order chi connectivity index (χ1) is 13.0. The van der Waals surface area contributed by atoms with E-state index in [1.54, 1.807) is 6.07 Å². The fourth-order valence-electron chi connectivity index (χ4n) is 4.83. The minimum absolute atomic E-state index is 0.0181. The summed E-state index contributed by atoms with van der Waals surface area (Å²) in [7, 11) is 0. The van der Waals surface area contributed by atoms with E-state index in [0.29, 0.717) is 23.8 Å². The lowest BCUT2D eigenvalue weighted by Crippen LogP contribution is -2.19. The van der Waals surface area contributed by atoms with E-state index in [4.69, 9.17) is 14.6 Å². The molecule has 6 heteroatoms. The molecule has 5 atom stereocenters. The van der Waals surface area contributed by atoms with Crippen molar-refractivity contribution in [3.8, 4) is 11.5 Å². The average Bonchev–Trinajstić information content (AvgIpc) is 3.34. The first-order valence-corrected chi connectivity index (χ1v) is 9.73. The number of ether oxygens (including phenoxy) is 2. The number of carboxylic acids is 1. The smallest absolute Gasteiger partial charge is 0.341 e. The highest BCUT2D eigenvalue weighted by atomic mass is 16.5. The van der Waals surface area contributed by atoms with Crippen molar-refractivity contribution in [1.82, 2.24) is 0 Å². The van der Waals surface area contributed by atoms with E-state index in [9.17, 15) is 15.0 Å². The number of carboxylic acid groups (broad SMARTS) is 1. The maximum absolute atomic E-state index is 10.8. The normalized spacial score (nSPS) is 30.9. The number of aliphatic hydroxyl groups excluding tert-OH is 2. The van der Waals surface area contributed by atoms with Crippen LogP contribution in [0, 0.1) is 11.8 Å². The number of rotatable bonds is 6. The molecule has 4 rings (SSSR count). The number of aliphatic carboxylic acids is 1. The molecule has 1 aromatic rings. The molecule has 0 amide bonds. The molecule has 3 aliphatic rings. The second-order valence-corrected chi connectivity index (χ2v) is 7.84. The lowest BCUT2D eigenvalue weighted by molar-refractivity contribution is -0.139. The second kappa shape index (κ2) is 7.52. The summed E-state index contributed by atoms with van der Waals surface area (Å²) in [6.45, 7) is -0.422. The minimum Gasteiger partial charge on any atom is -0.485 e. The van der Waals surface area contributed by atoms with Crippen LogP contribution >= 0.6 is 0 Å². The Morgan fingerprint density at radius 1 is 1.33 bits per heavy atom. The Morgan fingerprint density at radius 2 is 2.11 bits per heavy atom. The van der Waals surface area contributed by atoms with E-state index >= 15 is 0 Å². The fraction of sp³-hybridized carbons (Fsp3) is 0.571. The molecule has 1 aromatic carbocycles. The van der Waals surface area contributed by atoms with Gasteiger partial charge in [-0.05, 0) is 24.8 Å². The van der Waals surface area contributed by atoms with Crippen molar-refractivity contribution in [2.24, 2.45) is 11.8 Å². The van der Waals surface area contributed by atoms with Gasteiger partial charge in [0.15, 0.2) is 18.1 Å². The van der Waals surface area contributed by atoms with E-state index < -0.39 is 24.8 Å². The van der Waals surface area contributed by atoms with Crippen LogP contribution in [-0.4, -0.2) is 46.2 Å². The third-order valence-electron chi connectivity index (χ3n) is 6.14. The highest BCUT2D eigenvalue weighted by Crippen LogP contribution is 2.53.